The van der Waals surface area contributed by atoms with Crippen LogP contribution in [-0.2, 0) is 6.42 Å². The van der Waals surface area contributed by atoms with E-state index in [1.54, 1.807) is 0 Å². The molecule has 2 aromatic rings. The fraction of sp³-hybridized carbons (Fsp3) is 0.0769. The van der Waals surface area contributed by atoms with Gasteiger partial charge in [-0.25, -0.2) is 0 Å². The van der Waals surface area contributed by atoms with Crippen molar-refractivity contribution in [2.45, 2.75) is 6.42 Å². The van der Waals surface area contributed by atoms with Gasteiger partial charge in [-0.3, -0.25) is 0 Å². The summed E-state index contributed by atoms with van der Waals surface area (Å²) in [6, 6.07) is 17.1. The molecule has 0 aliphatic carbocycles. The second-order valence-electron chi connectivity index (χ2n) is 3.29. The van der Waals surface area contributed by atoms with E-state index >= 15 is 0 Å². The molecule has 0 amide bonds. The van der Waals surface area contributed by atoms with Gasteiger partial charge in [-0.05, 0) is 33.5 Å². The lowest BCUT2D eigenvalue weighted by Crippen LogP contribution is -1.89. The van der Waals surface area contributed by atoms with E-state index in [1.807, 2.05) is 30.3 Å². The molecule has 15 heavy (non-hydrogen) atoms. The van der Waals surface area contributed by atoms with Crippen LogP contribution in [0.25, 0.3) is 0 Å². The largest absolute Gasteiger partial charge is 0.0824 e. The standard InChI is InChI=1S/C13H9BrCl/c14-13-11(7-4-8-12(13)15)9-10-5-2-1-3-6-10/h1-7H,9H2. The average Bonchev–Trinajstić information content (AvgIpc) is 2.26. The van der Waals surface area contributed by atoms with Crippen molar-refractivity contribution in [3.8, 4) is 0 Å². The summed E-state index contributed by atoms with van der Waals surface area (Å²) >= 11 is 9.45. The maximum absolute atomic E-state index is 5.98. The Morgan fingerprint density at radius 2 is 1.87 bits per heavy atom. The Morgan fingerprint density at radius 1 is 1.13 bits per heavy atom. The number of benzene rings is 2. The molecule has 2 aromatic carbocycles. The molecule has 0 saturated carbocycles. The molecule has 75 valence electrons. The van der Waals surface area contributed by atoms with Gasteiger partial charge in [-0.1, -0.05) is 54.1 Å². The van der Waals surface area contributed by atoms with Gasteiger partial charge in [0.05, 0.1) is 5.02 Å². The van der Waals surface area contributed by atoms with E-state index in [1.165, 1.54) is 11.1 Å². The minimum atomic E-state index is 0.642. The number of halogens is 2. The summed E-state index contributed by atoms with van der Waals surface area (Å²) in [7, 11) is 0. The first kappa shape index (κ1) is 10.7. The molecule has 0 nitrogen and oxygen atoms in total. The normalized spacial score (nSPS) is 10.3. The molecule has 0 aliphatic rings. The number of hydrogen-bond acceptors (Lipinski definition) is 0. The molecular weight excluding hydrogens is 271 g/mol. The molecule has 2 rings (SSSR count). The topological polar surface area (TPSA) is 0 Å². The molecule has 0 fully saturated rings. The van der Waals surface area contributed by atoms with Gasteiger partial charge in [-0.2, -0.15) is 0 Å². The Balaban J connectivity index is 2.29. The first-order valence-corrected chi connectivity index (χ1v) is 5.83. The van der Waals surface area contributed by atoms with Gasteiger partial charge < -0.3 is 0 Å². The summed E-state index contributed by atoms with van der Waals surface area (Å²) in [6.07, 6.45) is 0.885. The Kier molecular flexibility index (Phi) is 3.45. The van der Waals surface area contributed by atoms with Gasteiger partial charge in [0, 0.05) is 10.5 Å². The second kappa shape index (κ2) is 4.82. The molecule has 0 unspecified atom stereocenters. The van der Waals surface area contributed by atoms with Crippen LogP contribution in [0.2, 0.25) is 5.02 Å². The summed E-state index contributed by atoms with van der Waals surface area (Å²) in [5.41, 5.74) is 2.46. The van der Waals surface area contributed by atoms with Crippen LogP contribution in [0.1, 0.15) is 11.1 Å². The summed E-state index contributed by atoms with van der Waals surface area (Å²) < 4.78 is 0.940. The number of hydrogen-bond donors (Lipinski definition) is 0. The fourth-order valence-corrected chi connectivity index (χ4v) is 2.02. The van der Waals surface area contributed by atoms with Gasteiger partial charge in [0.25, 0.3) is 0 Å². The van der Waals surface area contributed by atoms with Gasteiger partial charge in [0.2, 0.25) is 0 Å². The monoisotopic (exact) mass is 279 g/mol. The fourth-order valence-electron chi connectivity index (χ4n) is 1.45. The zero-order valence-corrected chi connectivity index (χ0v) is 10.3. The van der Waals surface area contributed by atoms with E-state index in [9.17, 15) is 0 Å². The summed E-state index contributed by atoms with van der Waals surface area (Å²) in [5.74, 6) is 0. The van der Waals surface area contributed by atoms with Crippen molar-refractivity contribution in [1.82, 2.24) is 0 Å². The Hall–Kier alpha value is -0.790. The van der Waals surface area contributed by atoms with E-state index in [0.29, 0.717) is 5.02 Å². The third-order valence-corrected chi connectivity index (χ3v) is 3.64. The SMILES string of the molecule is Clc1[c]ccc(Cc2ccccc2)c1Br. The van der Waals surface area contributed by atoms with Gasteiger partial charge >= 0.3 is 0 Å². The number of rotatable bonds is 2. The van der Waals surface area contributed by atoms with E-state index in [2.05, 4.69) is 34.1 Å². The zero-order valence-electron chi connectivity index (χ0n) is 8.00. The van der Waals surface area contributed by atoms with E-state index < -0.39 is 0 Å². The predicted molar refractivity (Wildman–Crippen MR) is 67.2 cm³/mol. The van der Waals surface area contributed by atoms with Crippen LogP contribution < -0.4 is 0 Å². The molecule has 0 atom stereocenters. The Bertz CT molecular complexity index is 451. The van der Waals surface area contributed by atoms with Crippen molar-refractivity contribution in [3.05, 3.63) is 69.2 Å². The van der Waals surface area contributed by atoms with Crippen molar-refractivity contribution in [2.24, 2.45) is 0 Å². The molecule has 0 aliphatic heterocycles. The van der Waals surface area contributed by atoms with Crippen LogP contribution in [-0.4, -0.2) is 0 Å². The highest BCUT2D eigenvalue weighted by Crippen LogP contribution is 2.27. The van der Waals surface area contributed by atoms with E-state index in [0.717, 1.165) is 10.9 Å². The average molecular weight is 281 g/mol. The highest BCUT2D eigenvalue weighted by molar-refractivity contribution is 9.10. The molecule has 0 bridgehead atoms. The van der Waals surface area contributed by atoms with Crippen LogP contribution in [0.4, 0.5) is 0 Å². The molecule has 0 N–H and O–H groups in total. The second-order valence-corrected chi connectivity index (χ2v) is 4.46. The molecule has 1 radical (unpaired) electrons. The lowest BCUT2D eigenvalue weighted by Gasteiger charge is -2.05. The van der Waals surface area contributed by atoms with Crippen molar-refractivity contribution in [1.29, 1.82) is 0 Å². The lowest BCUT2D eigenvalue weighted by molar-refractivity contribution is 1.18. The minimum absolute atomic E-state index is 0.642. The van der Waals surface area contributed by atoms with Crippen molar-refractivity contribution >= 4 is 27.5 Å². The maximum atomic E-state index is 5.98. The first-order valence-electron chi connectivity index (χ1n) is 4.66. The van der Waals surface area contributed by atoms with E-state index in [4.69, 9.17) is 11.6 Å². The third-order valence-electron chi connectivity index (χ3n) is 2.21. The Morgan fingerprint density at radius 3 is 2.60 bits per heavy atom. The maximum Gasteiger partial charge on any atom is 0.0629 e. The summed E-state index contributed by atoms with van der Waals surface area (Å²) in [6.45, 7) is 0. The van der Waals surface area contributed by atoms with E-state index in [-0.39, 0.29) is 0 Å². The van der Waals surface area contributed by atoms with Gasteiger partial charge in [0.1, 0.15) is 0 Å². The van der Waals surface area contributed by atoms with Crippen LogP contribution in [0.15, 0.2) is 46.9 Å². The van der Waals surface area contributed by atoms with Gasteiger partial charge in [-0.15, -0.1) is 0 Å². The van der Waals surface area contributed by atoms with Crippen LogP contribution in [0.3, 0.4) is 0 Å². The molecule has 0 aromatic heterocycles. The molecular formula is C13H9BrCl. The molecule has 0 saturated heterocycles. The predicted octanol–water partition coefficient (Wildman–Crippen LogP) is 4.49. The van der Waals surface area contributed by atoms with Crippen LogP contribution in [0.5, 0.6) is 0 Å². The first-order chi connectivity index (χ1) is 7.27. The van der Waals surface area contributed by atoms with Crippen LogP contribution in [0, 0.1) is 6.07 Å². The van der Waals surface area contributed by atoms with Gasteiger partial charge in [0.15, 0.2) is 0 Å². The minimum Gasteiger partial charge on any atom is -0.0824 e. The smallest absolute Gasteiger partial charge is 0.0629 e. The van der Waals surface area contributed by atoms with Crippen molar-refractivity contribution < 1.29 is 0 Å². The molecule has 0 spiro atoms. The highest BCUT2D eigenvalue weighted by Gasteiger charge is 2.04. The molecule has 2 heteroatoms. The van der Waals surface area contributed by atoms with Crippen molar-refractivity contribution in [2.75, 3.05) is 0 Å². The lowest BCUT2D eigenvalue weighted by atomic mass is 10.1. The Labute approximate surface area is 103 Å². The molecule has 0 heterocycles. The highest BCUT2D eigenvalue weighted by atomic mass is 79.9. The van der Waals surface area contributed by atoms with Crippen molar-refractivity contribution in [3.63, 3.8) is 0 Å². The zero-order chi connectivity index (χ0) is 10.7. The third kappa shape index (κ3) is 2.61. The summed E-state index contributed by atoms with van der Waals surface area (Å²) in [4.78, 5) is 0. The quantitative estimate of drug-likeness (QED) is 0.760. The van der Waals surface area contributed by atoms with Crippen LogP contribution >= 0.6 is 27.5 Å². The summed E-state index contributed by atoms with van der Waals surface area (Å²) in [5, 5.41) is 0.642.